The van der Waals surface area contributed by atoms with Crippen molar-refractivity contribution in [2.75, 3.05) is 25.5 Å². The Labute approximate surface area is 109 Å². The first-order chi connectivity index (χ1) is 8.44. The van der Waals surface area contributed by atoms with E-state index in [-0.39, 0.29) is 12.5 Å². The topological polar surface area (TPSA) is 52.6 Å². The Morgan fingerprint density at radius 2 is 2.00 bits per heavy atom. The number of hydrogen-bond acceptors (Lipinski definition) is 3. The van der Waals surface area contributed by atoms with Crippen LogP contribution in [0, 0.1) is 0 Å². The van der Waals surface area contributed by atoms with E-state index in [1.54, 1.807) is 18.0 Å². The van der Waals surface area contributed by atoms with Crippen LogP contribution >= 0.6 is 0 Å². The summed E-state index contributed by atoms with van der Waals surface area (Å²) in [7, 11) is 1.71. The van der Waals surface area contributed by atoms with Crippen molar-refractivity contribution < 1.29 is 9.90 Å². The summed E-state index contributed by atoms with van der Waals surface area (Å²) in [5, 5.41) is 12.5. The van der Waals surface area contributed by atoms with E-state index in [1.165, 1.54) is 0 Å². The lowest BCUT2D eigenvalue weighted by atomic mass is 10.0. The van der Waals surface area contributed by atoms with E-state index in [0.717, 1.165) is 12.2 Å². The molecule has 0 fully saturated rings. The fraction of sp³-hybridized carbons (Fsp3) is 0.500. The third-order valence-electron chi connectivity index (χ3n) is 3.12. The van der Waals surface area contributed by atoms with E-state index in [4.69, 9.17) is 0 Å². The number of benzene rings is 1. The Kier molecular flexibility index (Phi) is 4.73. The van der Waals surface area contributed by atoms with Crippen molar-refractivity contribution in [3.05, 3.63) is 29.8 Å². The minimum Gasteiger partial charge on any atom is -0.394 e. The molecule has 0 spiro atoms. The van der Waals surface area contributed by atoms with E-state index in [1.807, 2.05) is 39.0 Å². The number of nitrogens with zero attached hydrogens (tertiary/aromatic N) is 1. The van der Waals surface area contributed by atoms with Crippen molar-refractivity contribution in [1.29, 1.82) is 0 Å². The summed E-state index contributed by atoms with van der Waals surface area (Å²) in [5.74, 6) is -0.0920. The van der Waals surface area contributed by atoms with Gasteiger partial charge in [-0.1, -0.05) is 12.1 Å². The number of para-hydroxylation sites is 1. The highest BCUT2D eigenvalue weighted by atomic mass is 16.3. The molecule has 0 aliphatic carbocycles. The Bertz CT molecular complexity index is 416. The normalized spacial score (nSPS) is 11.2. The molecule has 0 bridgehead atoms. The average molecular weight is 250 g/mol. The molecule has 0 aromatic heterocycles. The molecule has 2 N–H and O–H groups in total. The van der Waals surface area contributed by atoms with Crippen LogP contribution in [-0.4, -0.2) is 41.7 Å². The van der Waals surface area contributed by atoms with E-state index in [2.05, 4.69) is 5.32 Å². The number of likely N-dealkylation sites (N-methyl/N-ethyl adjacent to an activating group) is 1. The van der Waals surface area contributed by atoms with Gasteiger partial charge in [-0.15, -0.1) is 0 Å². The maximum atomic E-state index is 12.4. The van der Waals surface area contributed by atoms with Gasteiger partial charge in [-0.25, -0.2) is 0 Å². The van der Waals surface area contributed by atoms with Crippen LogP contribution in [0.2, 0.25) is 0 Å². The molecule has 1 rings (SSSR count). The molecule has 0 saturated carbocycles. The SMILES string of the molecule is CCNc1ccccc1C(=O)N(C)C(C)(C)CO. The number of hydrogen-bond donors (Lipinski definition) is 2. The lowest BCUT2D eigenvalue weighted by Crippen LogP contribution is -2.47. The van der Waals surface area contributed by atoms with Crippen molar-refractivity contribution in [3.63, 3.8) is 0 Å². The molecule has 4 nitrogen and oxygen atoms in total. The lowest BCUT2D eigenvalue weighted by molar-refractivity contribution is 0.0474. The molecular weight excluding hydrogens is 228 g/mol. The predicted molar refractivity (Wildman–Crippen MR) is 73.9 cm³/mol. The summed E-state index contributed by atoms with van der Waals surface area (Å²) in [4.78, 5) is 14.0. The van der Waals surface area contributed by atoms with Gasteiger partial charge in [-0.3, -0.25) is 4.79 Å². The zero-order chi connectivity index (χ0) is 13.8. The first-order valence-electron chi connectivity index (χ1n) is 6.16. The first-order valence-corrected chi connectivity index (χ1v) is 6.16. The van der Waals surface area contributed by atoms with E-state index < -0.39 is 5.54 Å². The van der Waals surface area contributed by atoms with Gasteiger partial charge in [0.25, 0.3) is 5.91 Å². The smallest absolute Gasteiger partial charge is 0.256 e. The second-order valence-electron chi connectivity index (χ2n) is 4.91. The summed E-state index contributed by atoms with van der Waals surface area (Å²) in [6, 6.07) is 7.42. The van der Waals surface area contributed by atoms with Gasteiger partial charge in [0.1, 0.15) is 0 Å². The molecule has 18 heavy (non-hydrogen) atoms. The summed E-state index contributed by atoms with van der Waals surface area (Å²) in [6.45, 7) is 6.35. The maximum Gasteiger partial charge on any atom is 0.256 e. The van der Waals surface area contributed by atoms with Gasteiger partial charge in [0.2, 0.25) is 0 Å². The second kappa shape index (κ2) is 5.87. The highest BCUT2D eigenvalue weighted by molar-refractivity contribution is 5.99. The number of aliphatic hydroxyl groups is 1. The van der Waals surface area contributed by atoms with Crippen molar-refractivity contribution in [1.82, 2.24) is 4.90 Å². The number of amides is 1. The van der Waals surface area contributed by atoms with Gasteiger partial charge in [0, 0.05) is 19.3 Å². The third kappa shape index (κ3) is 3.01. The van der Waals surface area contributed by atoms with Gasteiger partial charge < -0.3 is 15.3 Å². The molecule has 0 aliphatic heterocycles. The molecule has 1 aromatic carbocycles. The Morgan fingerprint density at radius 3 is 2.56 bits per heavy atom. The molecule has 1 aromatic rings. The van der Waals surface area contributed by atoms with Crippen molar-refractivity contribution in [2.45, 2.75) is 26.3 Å². The summed E-state index contributed by atoms with van der Waals surface area (Å²) in [6.07, 6.45) is 0. The number of anilines is 1. The number of carbonyl (C=O) groups is 1. The Morgan fingerprint density at radius 1 is 1.39 bits per heavy atom. The lowest BCUT2D eigenvalue weighted by Gasteiger charge is -2.34. The molecule has 0 aliphatic rings. The largest absolute Gasteiger partial charge is 0.394 e. The van der Waals surface area contributed by atoms with Crippen LogP contribution in [0.3, 0.4) is 0 Å². The number of rotatable bonds is 5. The fourth-order valence-electron chi connectivity index (χ4n) is 1.58. The van der Waals surface area contributed by atoms with Gasteiger partial charge in [0.15, 0.2) is 0 Å². The maximum absolute atomic E-state index is 12.4. The van der Waals surface area contributed by atoms with Crippen LogP contribution < -0.4 is 5.32 Å². The van der Waals surface area contributed by atoms with Crippen LogP contribution in [0.25, 0.3) is 0 Å². The van der Waals surface area contributed by atoms with Crippen LogP contribution in [0.1, 0.15) is 31.1 Å². The summed E-state index contributed by atoms with van der Waals surface area (Å²) >= 11 is 0. The summed E-state index contributed by atoms with van der Waals surface area (Å²) in [5.41, 5.74) is 0.880. The van der Waals surface area contributed by atoms with Gasteiger partial charge in [-0.05, 0) is 32.9 Å². The Balaban J connectivity index is 3.04. The molecule has 4 heteroatoms. The van der Waals surface area contributed by atoms with E-state index >= 15 is 0 Å². The van der Waals surface area contributed by atoms with Crippen molar-refractivity contribution >= 4 is 11.6 Å². The van der Waals surface area contributed by atoms with Crippen molar-refractivity contribution in [2.24, 2.45) is 0 Å². The first kappa shape index (κ1) is 14.5. The van der Waals surface area contributed by atoms with Crippen LogP contribution in [0.5, 0.6) is 0 Å². The second-order valence-corrected chi connectivity index (χ2v) is 4.91. The molecule has 0 radical (unpaired) electrons. The molecule has 100 valence electrons. The van der Waals surface area contributed by atoms with Gasteiger partial charge >= 0.3 is 0 Å². The third-order valence-corrected chi connectivity index (χ3v) is 3.12. The molecule has 0 unspecified atom stereocenters. The zero-order valence-electron chi connectivity index (χ0n) is 11.5. The minimum absolute atomic E-state index is 0.0708. The molecule has 0 atom stereocenters. The average Bonchev–Trinajstić information content (AvgIpc) is 2.38. The van der Waals surface area contributed by atoms with Gasteiger partial charge in [0.05, 0.1) is 17.7 Å². The fourth-order valence-corrected chi connectivity index (χ4v) is 1.58. The van der Waals surface area contributed by atoms with Gasteiger partial charge in [-0.2, -0.15) is 0 Å². The highest BCUT2D eigenvalue weighted by Gasteiger charge is 2.28. The molecular formula is C14H22N2O2. The monoisotopic (exact) mass is 250 g/mol. The number of nitrogens with one attached hydrogen (secondary N) is 1. The molecule has 0 heterocycles. The van der Waals surface area contributed by atoms with E-state index in [0.29, 0.717) is 5.56 Å². The van der Waals surface area contributed by atoms with Crippen molar-refractivity contribution in [3.8, 4) is 0 Å². The predicted octanol–water partition coefficient (Wildman–Crippen LogP) is 1.96. The highest BCUT2D eigenvalue weighted by Crippen LogP contribution is 2.20. The minimum atomic E-state index is -0.573. The Hall–Kier alpha value is -1.55. The van der Waals surface area contributed by atoms with Crippen LogP contribution in [-0.2, 0) is 0 Å². The van der Waals surface area contributed by atoms with Crippen LogP contribution in [0.4, 0.5) is 5.69 Å². The number of carbonyl (C=O) groups excluding carboxylic acids is 1. The van der Waals surface area contributed by atoms with Crippen LogP contribution in [0.15, 0.2) is 24.3 Å². The zero-order valence-corrected chi connectivity index (χ0v) is 11.5. The molecule has 1 amide bonds. The quantitative estimate of drug-likeness (QED) is 0.840. The number of aliphatic hydroxyl groups excluding tert-OH is 1. The molecule has 0 saturated heterocycles. The van der Waals surface area contributed by atoms with E-state index in [9.17, 15) is 9.90 Å². The summed E-state index contributed by atoms with van der Waals surface area (Å²) < 4.78 is 0. The standard InChI is InChI=1S/C14H22N2O2/c1-5-15-12-9-7-6-8-11(12)13(18)16(4)14(2,3)10-17/h6-9,15,17H,5,10H2,1-4H3.